The molecule has 0 radical (unpaired) electrons. The molecule has 0 atom stereocenters. The highest BCUT2D eigenvalue weighted by Gasteiger charge is 2.01. The molecule has 0 aliphatic rings. The lowest BCUT2D eigenvalue weighted by atomic mass is 10.7. The molecule has 0 aliphatic carbocycles. The molecule has 54 valence electrons. The van der Waals surface area contributed by atoms with Gasteiger partial charge in [0.2, 0.25) is 0 Å². The molecule has 0 amide bonds. The van der Waals surface area contributed by atoms with E-state index in [1.165, 1.54) is 6.08 Å². The van der Waals surface area contributed by atoms with Gasteiger partial charge in [0.05, 0.1) is 6.61 Å². The third-order valence-corrected chi connectivity index (χ3v) is 0.932. The van der Waals surface area contributed by atoms with Crippen LogP contribution in [0.1, 0.15) is 0 Å². The van der Waals surface area contributed by atoms with Gasteiger partial charge in [-0.15, -0.1) is 6.58 Å². The van der Waals surface area contributed by atoms with Crippen LogP contribution in [0.2, 0.25) is 0 Å². The average Bonchev–Trinajstić information content (AvgIpc) is 1.63. The van der Waals surface area contributed by atoms with E-state index in [4.69, 9.17) is 4.55 Å². The zero-order chi connectivity index (χ0) is 7.33. The van der Waals surface area contributed by atoms with Gasteiger partial charge in [-0.05, 0) is 0 Å². The first-order valence-electron chi connectivity index (χ1n) is 2.20. The monoisotopic (exact) mass is 152 g/mol. The fourth-order valence-corrected chi connectivity index (χ4v) is 0.544. The van der Waals surface area contributed by atoms with Gasteiger partial charge in [0.25, 0.3) is 10.1 Å². The SMILES string of the molecule is C=CCOCS(=O)(=O)O. The Labute approximate surface area is 53.9 Å². The first-order valence-corrected chi connectivity index (χ1v) is 3.81. The van der Waals surface area contributed by atoms with Crippen molar-refractivity contribution in [2.45, 2.75) is 0 Å². The molecule has 0 heterocycles. The molecule has 9 heavy (non-hydrogen) atoms. The van der Waals surface area contributed by atoms with E-state index in [0.717, 1.165) is 0 Å². The second-order valence-electron chi connectivity index (χ2n) is 1.36. The third-order valence-electron chi connectivity index (χ3n) is 0.468. The summed E-state index contributed by atoms with van der Waals surface area (Å²) in [5, 5.41) is 0. The maximum absolute atomic E-state index is 9.90. The third kappa shape index (κ3) is 7.61. The summed E-state index contributed by atoms with van der Waals surface area (Å²) in [5.74, 6) is -0.668. The van der Waals surface area contributed by atoms with Gasteiger partial charge in [-0.2, -0.15) is 8.42 Å². The van der Waals surface area contributed by atoms with Crippen molar-refractivity contribution in [1.82, 2.24) is 0 Å². The molecule has 0 aromatic carbocycles. The molecule has 0 aromatic rings. The number of hydrogen-bond acceptors (Lipinski definition) is 3. The van der Waals surface area contributed by atoms with Crippen LogP contribution in [0.15, 0.2) is 12.7 Å². The molecule has 0 spiro atoms. The van der Waals surface area contributed by atoms with Crippen molar-refractivity contribution >= 4 is 10.1 Å². The molecule has 5 heteroatoms. The Morgan fingerprint density at radius 2 is 2.22 bits per heavy atom. The molecule has 4 nitrogen and oxygen atoms in total. The molecule has 0 aromatic heterocycles. The smallest absolute Gasteiger partial charge is 0.289 e. The summed E-state index contributed by atoms with van der Waals surface area (Å²) < 4.78 is 32.3. The van der Waals surface area contributed by atoms with Gasteiger partial charge < -0.3 is 4.74 Å². The zero-order valence-electron chi connectivity index (χ0n) is 4.78. The number of rotatable bonds is 4. The maximum Gasteiger partial charge on any atom is 0.289 e. The van der Waals surface area contributed by atoms with Crippen LogP contribution >= 0.6 is 0 Å². The molecule has 0 saturated heterocycles. The second kappa shape index (κ2) is 3.60. The lowest BCUT2D eigenvalue weighted by molar-refractivity contribution is 0.201. The molecule has 0 fully saturated rings. The Balaban J connectivity index is 3.40. The topological polar surface area (TPSA) is 63.6 Å². The predicted molar refractivity (Wildman–Crippen MR) is 32.6 cm³/mol. The van der Waals surface area contributed by atoms with E-state index in [1.807, 2.05) is 0 Å². The minimum atomic E-state index is -3.97. The highest BCUT2D eigenvalue weighted by molar-refractivity contribution is 7.85. The largest absolute Gasteiger partial charge is 0.359 e. The highest BCUT2D eigenvalue weighted by Crippen LogP contribution is 1.83. The average molecular weight is 152 g/mol. The van der Waals surface area contributed by atoms with Gasteiger partial charge in [0.15, 0.2) is 5.94 Å². The van der Waals surface area contributed by atoms with Gasteiger partial charge in [-0.3, -0.25) is 4.55 Å². The van der Waals surface area contributed by atoms with Crippen molar-refractivity contribution in [3.8, 4) is 0 Å². The summed E-state index contributed by atoms with van der Waals surface area (Å²) in [5.41, 5.74) is 0. The van der Waals surface area contributed by atoms with Crippen LogP contribution in [0.5, 0.6) is 0 Å². The van der Waals surface area contributed by atoms with Crippen LogP contribution in [-0.4, -0.2) is 25.5 Å². The lowest BCUT2D eigenvalue weighted by Crippen LogP contribution is -2.07. The molecule has 0 unspecified atom stereocenters. The van der Waals surface area contributed by atoms with Gasteiger partial charge in [-0.25, -0.2) is 0 Å². The van der Waals surface area contributed by atoms with Gasteiger partial charge in [-0.1, -0.05) is 6.08 Å². The Kier molecular flexibility index (Phi) is 3.44. The van der Waals surface area contributed by atoms with E-state index in [-0.39, 0.29) is 6.61 Å². The van der Waals surface area contributed by atoms with Crippen molar-refractivity contribution in [2.24, 2.45) is 0 Å². The van der Waals surface area contributed by atoms with E-state index in [1.54, 1.807) is 0 Å². The van der Waals surface area contributed by atoms with Gasteiger partial charge in [0.1, 0.15) is 0 Å². The molecule has 0 bridgehead atoms. The molecule has 0 aliphatic heterocycles. The first kappa shape index (κ1) is 8.61. The summed E-state index contributed by atoms with van der Waals surface area (Å²) in [6.45, 7) is 3.40. The van der Waals surface area contributed by atoms with Crippen LogP contribution < -0.4 is 0 Å². The quantitative estimate of drug-likeness (QED) is 0.351. The Morgan fingerprint density at radius 1 is 1.67 bits per heavy atom. The summed E-state index contributed by atoms with van der Waals surface area (Å²) in [7, 11) is -3.97. The van der Waals surface area contributed by atoms with Crippen molar-refractivity contribution in [3.05, 3.63) is 12.7 Å². The van der Waals surface area contributed by atoms with Crippen LogP contribution in [0, 0.1) is 0 Å². The van der Waals surface area contributed by atoms with Crippen LogP contribution in [0.4, 0.5) is 0 Å². The fraction of sp³-hybridized carbons (Fsp3) is 0.500. The summed E-state index contributed by atoms with van der Waals surface area (Å²) in [6.07, 6.45) is 1.39. The standard InChI is InChI=1S/C4H8O4S/c1-2-3-8-4-9(5,6)7/h2H,1,3-4H2,(H,5,6,7). The fourth-order valence-electron chi connectivity index (χ4n) is 0.237. The van der Waals surface area contributed by atoms with Gasteiger partial charge >= 0.3 is 0 Å². The van der Waals surface area contributed by atoms with Crippen molar-refractivity contribution < 1.29 is 17.7 Å². The first-order chi connectivity index (χ1) is 4.06. The molecule has 1 N–H and O–H groups in total. The Morgan fingerprint density at radius 3 is 2.56 bits per heavy atom. The van der Waals surface area contributed by atoms with Crippen LogP contribution in [-0.2, 0) is 14.9 Å². The van der Waals surface area contributed by atoms with Crippen LogP contribution in [0.3, 0.4) is 0 Å². The minimum absolute atomic E-state index is 0.125. The Hall–Kier alpha value is -0.390. The van der Waals surface area contributed by atoms with E-state index < -0.39 is 16.1 Å². The molecular formula is C4H8O4S. The van der Waals surface area contributed by atoms with Crippen molar-refractivity contribution in [1.29, 1.82) is 0 Å². The second-order valence-corrected chi connectivity index (χ2v) is 2.76. The Bertz CT molecular complexity index is 169. The van der Waals surface area contributed by atoms with Gasteiger partial charge in [0, 0.05) is 0 Å². The summed E-state index contributed by atoms with van der Waals surface area (Å²) in [6, 6.07) is 0. The van der Waals surface area contributed by atoms with E-state index in [0.29, 0.717) is 0 Å². The summed E-state index contributed by atoms with van der Waals surface area (Å²) >= 11 is 0. The lowest BCUT2D eigenvalue weighted by Gasteiger charge is -1.94. The molecule has 0 rings (SSSR count). The van der Waals surface area contributed by atoms with Crippen LogP contribution in [0.25, 0.3) is 0 Å². The molecule has 0 saturated carbocycles. The zero-order valence-corrected chi connectivity index (χ0v) is 5.60. The predicted octanol–water partition coefficient (Wildman–Crippen LogP) is 0.0343. The van der Waals surface area contributed by atoms with Crippen molar-refractivity contribution in [3.63, 3.8) is 0 Å². The van der Waals surface area contributed by atoms with E-state index in [9.17, 15) is 8.42 Å². The highest BCUT2D eigenvalue weighted by atomic mass is 32.2. The van der Waals surface area contributed by atoms with E-state index in [2.05, 4.69) is 11.3 Å². The normalized spacial score (nSPS) is 11.2. The summed E-state index contributed by atoms with van der Waals surface area (Å²) in [4.78, 5) is 0. The minimum Gasteiger partial charge on any atom is -0.359 e. The van der Waals surface area contributed by atoms with Crippen molar-refractivity contribution in [2.75, 3.05) is 12.5 Å². The van der Waals surface area contributed by atoms with E-state index >= 15 is 0 Å². The number of hydrogen-bond donors (Lipinski definition) is 1. The molecular weight excluding hydrogens is 144 g/mol. The number of ether oxygens (including phenoxy) is 1. The maximum atomic E-state index is 9.90.